The van der Waals surface area contributed by atoms with Gasteiger partial charge in [-0.2, -0.15) is 0 Å². The summed E-state index contributed by atoms with van der Waals surface area (Å²) in [6.45, 7) is 5.02. The minimum absolute atomic E-state index is 0.0291. The molecule has 0 unspecified atom stereocenters. The minimum atomic E-state index is 0.0291. The molecule has 5 rings (SSSR count). The zero-order chi connectivity index (χ0) is 24.9. The number of carbonyl (C=O) groups excluding carboxylic acids is 2. The quantitative estimate of drug-likeness (QED) is 0.570. The molecule has 1 fully saturated rings. The van der Waals surface area contributed by atoms with Gasteiger partial charge in [-0.15, -0.1) is 0 Å². The third-order valence-electron chi connectivity index (χ3n) is 7.40. The summed E-state index contributed by atoms with van der Waals surface area (Å²) in [7, 11) is 0. The molecule has 1 saturated heterocycles. The Labute approximate surface area is 212 Å². The van der Waals surface area contributed by atoms with Gasteiger partial charge in [0.05, 0.1) is 6.42 Å². The average molecular weight is 484 g/mol. The molecule has 3 aromatic rings. The lowest BCUT2D eigenvalue weighted by molar-refractivity contribution is -0.131. The first-order valence-electron chi connectivity index (χ1n) is 12.8. The fraction of sp³-hybridized carbons (Fsp3) is 0.367. The molecule has 6 nitrogen and oxygen atoms in total. The van der Waals surface area contributed by atoms with Crippen molar-refractivity contribution in [1.29, 1.82) is 0 Å². The Morgan fingerprint density at radius 2 is 1.75 bits per heavy atom. The van der Waals surface area contributed by atoms with Crippen LogP contribution in [0.3, 0.4) is 0 Å². The van der Waals surface area contributed by atoms with E-state index in [1.165, 1.54) is 11.1 Å². The molecule has 2 aliphatic rings. The van der Waals surface area contributed by atoms with Crippen LogP contribution in [-0.2, 0) is 40.3 Å². The number of benzene rings is 2. The van der Waals surface area contributed by atoms with Crippen molar-refractivity contribution >= 4 is 11.8 Å². The van der Waals surface area contributed by atoms with Gasteiger partial charge in [-0.1, -0.05) is 54.6 Å². The van der Waals surface area contributed by atoms with E-state index >= 15 is 0 Å². The van der Waals surface area contributed by atoms with E-state index in [4.69, 9.17) is 4.74 Å². The van der Waals surface area contributed by atoms with E-state index in [1.54, 1.807) is 0 Å². The SMILES string of the molecule is Cc1ncc2c(c1CNC(=O)C1CCOCC1)CCN(C(=O)Cc1ccc(-c3ccccc3)cc1)C2. The van der Waals surface area contributed by atoms with Crippen LogP contribution in [0.5, 0.6) is 0 Å². The van der Waals surface area contributed by atoms with Gasteiger partial charge in [0.25, 0.3) is 0 Å². The third kappa shape index (κ3) is 5.49. The summed E-state index contributed by atoms with van der Waals surface area (Å²) in [5.74, 6) is 0.255. The maximum Gasteiger partial charge on any atom is 0.227 e. The molecule has 186 valence electrons. The standard InChI is InChI=1S/C30H33N3O3/c1-21-28(19-32-30(35)25-12-15-36-16-13-25)27-11-14-33(20-26(27)18-31-21)29(34)17-22-7-9-24(10-8-22)23-5-3-2-4-6-23/h2-10,18,25H,11-17,19-20H2,1H3,(H,32,35). The number of fused-ring (bicyclic) bond motifs is 1. The van der Waals surface area contributed by atoms with Gasteiger partial charge in [0.1, 0.15) is 0 Å². The molecule has 36 heavy (non-hydrogen) atoms. The third-order valence-corrected chi connectivity index (χ3v) is 7.40. The minimum Gasteiger partial charge on any atom is -0.381 e. The van der Waals surface area contributed by atoms with E-state index in [1.807, 2.05) is 48.4 Å². The number of ether oxygens (including phenoxy) is 1. The molecule has 2 amide bonds. The van der Waals surface area contributed by atoms with E-state index in [0.717, 1.165) is 47.2 Å². The lowest BCUT2D eigenvalue weighted by atomic mass is 9.94. The van der Waals surface area contributed by atoms with Crippen molar-refractivity contribution < 1.29 is 14.3 Å². The van der Waals surface area contributed by atoms with E-state index < -0.39 is 0 Å². The van der Waals surface area contributed by atoms with Gasteiger partial charge in [0.15, 0.2) is 0 Å². The van der Waals surface area contributed by atoms with Gasteiger partial charge in [-0.05, 0) is 59.6 Å². The topological polar surface area (TPSA) is 71.5 Å². The van der Waals surface area contributed by atoms with Crippen molar-refractivity contribution in [2.45, 2.75) is 45.7 Å². The predicted octanol–water partition coefficient (Wildman–Crippen LogP) is 4.23. The molecule has 1 aromatic heterocycles. The van der Waals surface area contributed by atoms with Crippen LogP contribution in [-0.4, -0.2) is 41.5 Å². The molecule has 6 heteroatoms. The Morgan fingerprint density at radius 3 is 2.50 bits per heavy atom. The Balaban J connectivity index is 1.21. The van der Waals surface area contributed by atoms with Gasteiger partial charge in [0.2, 0.25) is 11.8 Å². The number of hydrogen-bond donors (Lipinski definition) is 1. The van der Waals surface area contributed by atoms with Crippen LogP contribution >= 0.6 is 0 Å². The van der Waals surface area contributed by atoms with Crippen LogP contribution in [0.25, 0.3) is 11.1 Å². The molecule has 0 radical (unpaired) electrons. The molecule has 1 N–H and O–H groups in total. The van der Waals surface area contributed by atoms with Gasteiger partial charge in [0, 0.05) is 50.7 Å². The Hall–Kier alpha value is -3.51. The lowest BCUT2D eigenvalue weighted by Crippen LogP contribution is -2.38. The fourth-order valence-corrected chi connectivity index (χ4v) is 5.18. The van der Waals surface area contributed by atoms with Crippen molar-refractivity contribution in [3.05, 3.63) is 88.7 Å². The lowest BCUT2D eigenvalue weighted by Gasteiger charge is -2.31. The number of rotatable bonds is 6. The predicted molar refractivity (Wildman–Crippen MR) is 139 cm³/mol. The highest BCUT2D eigenvalue weighted by Crippen LogP contribution is 2.25. The van der Waals surface area contributed by atoms with Crippen LogP contribution in [0.2, 0.25) is 0 Å². The Kier molecular flexibility index (Phi) is 7.42. The summed E-state index contributed by atoms with van der Waals surface area (Å²) < 4.78 is 5.37. The van der Waals surface area contributed by atoms with E-state index in [2.05, 4.69) is 34.6 Å². The highest BCUT2D eigenvalue weighted by Gasteiger charge is 2.25. The molecular formula is C30H33N3O3. The largest absolute Gasteiger partial charge is 0.381 e. The van der Waals surface area contributed by atoms with E-state index in [0.29, 0.717) is 39.3 Å². The highest BCUT2D eigenvalue weighted by atomic mass is 16.5. The van der Waals surface area contributed by atoms with Gasteiger partial charge in [-0.3, -0.25) is 14.6 Å². The van der Waals surface area contributed by atoms with Crippen LogP contribution in [0, 0.1) is 12.8 Å². The zero-order valence-electron chi connectivity index (χ0n) is 20.8. The molecule has 0 spiro atoms. The second-order valence-electron chi connectivity index (χ2n) is 9.74. The van der Waals surface area contributed by atoms with Crippen LogP contribution in [0.15, 0.2) is 60.8 Å². The maximum atomic E-state index is 13.1. The van der Waals surface area contributed by atoms with Crippen molar-refractivity contribution in [3.63, 3.8) is 0 Å². The number of aromatic nitrogens is 1. The van der Waals surface area contributed by atoms with Crippen molar-refractivity contribution in [3.8, 4) is 11.1 Å². The molecule has 0 saturated carbocycles. The van der Waals surface area contributed by atoms with Crippen molar-refractivity contribution in [2.75, 3.05) is 19.8 Å². The summed E-state index contributed by atoms with van der Waals surface area (Å²) in [5.41, 5.74) is 7.68. The molecule has 2 aromatic carbocycles. The summed E-state index contributed by atoms with van der Waals surface area (Å²) >= 11 is 0. The normalized spacial score (nSPS) is 15.9. The van der Waals surface area contributed by atoms with Crippen molar-refractivity contribution in [2.24, 2.45) is 5.92 Å². The molecular weight excluding hydrogens is 450 g/mol. The van der Waals surface area contributed by atoms with Crippen LogP contribution in [0.4, 0.5) is 0 Å². The van der Waals surface area contributed by atoms with Gasteiger partial charge in [-0.25, -0.2) is 0 Å². The average Bonchev–Trinajstić information content (AvgIpc) is 2.93. The molecule has 3 heterocycles. The number of amides is 2. The first-order valence-corrected chi connectivity index (χ1v) is 12.8. The number of nitrogens with zero attached hydrogens (tertiary/aromatic N) is 2. The maximum absolute atomic E-state index is 13.1. The monoisotopic (exact) mass is 483 g/mol. The van der Waals surface area contributed by atoms with Crippen LogP contribution in [0.1, 0.15) is 40.8 Å². The Morgan fingerprint density at radius 1 is 1.03 bits per heavy atom. The van der Waals surface area contributed by atoms with Gasteiger partial charge < -0.3 is 15.0 Å². The first kappa shape index (κ1) is 24.2. The summed E-state index contributed by atoms with van der Waals surface area (Å²) in [5, 5.41) is 3.13. The molecule has 0 bridgehead atoms. The second-order valence-corrected chi connectivity index (χ2v) is 9.74. The summed E-state index contributed by atoms with van der Waals surface area (Å²) in [4.78, 5) is 32.3. The van der Waals surface area contributed by atoms with E-state index in [9.17, 15) is 9.59 Å². The van der Waals surface area contributed by atoms with E-state index in [-0.39, 0.29) is 17.7 Å². The first-order chi connectivity index (χ1) is 17.6. The zero-order valence-corrected chi connectivity index (χ0v) is 20.8. The fourth-order valence-electron chi connectivity index (χ4n) is 5.18. The summed E-state index contributed by atoms with van der Waals surface area (Å²) in [6.07, 6.45) is 4.62. The van der Waals surface area contributed by atoms with Crippen LogP contribution < -0.4 is 5.32 Å². The number of nitrogens with one attached hydrogen (secondary N) is 1. The van der Waals surface area contributed by atoms with Crippen molar-refractivity contribution in [1.82, 2.24) is 15.2 Å². The number of carbonyl (C=O) groups is 2. The Bertz CT molecular complexity index is 1220. The molecule has 0 atom stereocenters. The van der Waals surface area contributed by atoms with Gasteiger partial charge >= 0.3 is 0 Å². The molecule has 2 aliphatic heterocycles. The number of hydrogen-bond acceptors (Lipinski definition) is 4. The highest BCUT2D eigenvalue weighted by molar-refractivity contribution is 5.80. The smallest absolute Gasteiger partial charge is 0.227 e. The second kappa shape index (κ2) is 11.0. The number of pyridine rings is 1. The molecule has 0 aliphatic carbocycles. The number of aryl methyl sites for hydroxylation is 1. The summed E-state index contributed by atoms with van der Waals surface area (Å²) in [6, 6.07) is 18.5.